The van der Waals surface area contributed by atoms with Crippen LogP contribution in [0.3, 0.4) is 0 Å². The van der Waals surface area contributed by atoms with Gasteiger partial charge < -0.3 is 4.90 Å². The van der Waals surface area contributed by atoms with Crippen LogP contribution in [0.25, 0.3) is 0 Å². The molecule has 0 aromatic rings. The molecule has 0 aromatic carbocycles. The van der Waals surface area contributed by atoms with E-state index < -0.39 is 8.07 Å². The molecule has 1 nitrogen and oxygen atoms in total. The molecule has 0 rings (SSSR count). The molecule has 0 N–H and O–H groups in total. The molecule has 0 spiro atoms. The van der Waals surface area contributed by atoms with E-state index in [1.54, 1.807) is 0 Å². The van der Waals surface area contributed by atoms with Crippen molar-refractivity contribution >= 4 is 8.07 Å². The third-order valence-electron chi connectivity index (χ3n) is 2.45. The monoisotopic (exact) mass is 171 g/mol. The van der Waals surface area contributed by atoms with Crippen LogP contribution in [0.15, 0.2) is 11.8 Å². The summed E-state index contributed by atoms with van der Waals surface area (Å²) in [6, 6.07) is 0. The number of hydrogen-bond acceptors (Lipinski definition) is 1. The second-order valence-corrected chi connectivity index (χ2v) is 8.77. The number of nitrogens with zero attached hydrogens (tertiary/aromatic N) is 1. The van der Waals surface area contributed by atoms with Crippen LogP contribution in [0.4, 0.5) is 0 Å². The lowest BCUT2D eigenvalue weighted by Gasteiger charge is -2.31. The Balaban J connectivity index is 4.28. The highest BCUT2D eigenvalue weighted by Gasteiger charge is 2.26. The topological polar surface area (TPSA) is 3.24 Å². The standard InChI is InChI=1S/C9H21NSi/c1-7-8-11(5,6)9(2)10(3)4/h7-9H,1-6H3. The van der Waals surface area contributed by atoms with Crippen molar-refractivity contribution in [2.75, 3.05) is 14.1 Å². The highest BCUT2D eigenvalue weighted by Crippen LogP contribution is 2.13. The first-order valence-electron chi connectivity index (χ1n) is 4.22. The van der Waals surface area contributed by atoms with Gasteiger partial charge in [-0.05, 0) is 21.0 Å². The fraction of sp³-hybridized carbons (Fsp3) is 0.778. The Hall–Kier alpha value is -0.0831. The zero-order chi connectivity index (χ0) is 9.07. The predicted octanol–water partition coefficient (Wildman–Crippen LogP) is 2.30. The summed E-state index contributed by atoms with van der Waals surface area (Å²) in [5, 5.41) is 0. The third-order valence-corrected chi connectivity index (χ3v) is 6.31. The van der Waals surface area contributed by atoms with Crippen LogP contribution >= 0.6 is 0 Å². The van der Waals surface area contributed by atoms with Crippen molar-refractivity contribution in [3.8, 4) is 0 Å². The minimum absolute atomic E-state index is 0.721. The van der Waals surface area contributed by atoms with Crippen molar-refractivity contribution in [3.05, 3.63) is 11.8 Å². The van der Waals surface area contributed by atoms with E-state index in [2.05, 4.69) is 57.7 Å². The Kier molecular flexibility index (Phi) is 4.04. The summed E-state index contributed by atoms with van der Waals surface area (Å²) in [4.78, 5) is 2.31. The van der Waals surface area contributed by atoms with Crippen LogP contribution in [0, 0.1) is 0 Å². The van der Waals surface area contributed by atoms with Crippen LogP contribution in [-0.4, -0.2) is 32.7 Å². The fourth-order valence-corrected chi connectivity index (χ4v) is 3.70. The molecule has 0 radical (unpaired) electrons. The van der Waals surface area contributed by atoms with Gasteiger partial charge in [0.15, 0.2) is 0 Å². The quantitative estimate of drug-likeness (QED) is 0.589. The number of hydrogen-bond donors (Lipinski definition) is 0. The van der Waals surface area contributed by atoms with E-state index in [9.17, 15) is 0 Å². The molecule has 0 aliphatic carbocycles. The summed E-state index contributed by atoms with van der Waals surface area (Å²) in [6.45, 7) is 9.22. The molecule has 0 fully saturated rings. The normalized spacial score (nSPS) is 16.3. The largest absolute Gasteiger partial charge is 0.309 e. The van der Waals surface area contributed by atoms with E-state index in [4.69, 9.17) is 0 Å². The number of rotatable bonds is 3. The van der Waals surface area contributed by atoms with Crippen LogP contribution in [0.5, 0.6) is 0 Å². The van der Waals surface area contributed by atoms with Gasteiger partial charge in [0, 0.05) is 5.67 Å². The lowest BCUT2D eigenvalue weighted by atomic mass is 10.7. The Morgan fingerprint density at radius 1 is 1.27 bits per heavy atom. The highest BCUT2D eigenvalue weighted by atomic mass is 28.3. The average Bonchev–Trinajstić information content (AvgIpc) is 1.86. The summed E-state index contributed by atoms with van der Waals surface area (Å²) in [7, 11) is 3.19. The Labute approximate surface area is 72.1 Å². The smallest absolute Gasteiger partial charge is 0.0892 e. The predicted molar refractivity (Wildman–Crippen MR) is 55.4 cm³/mol. The maximum absolute atomic E-state index is 2.40. The summed E-state index contributed by atoms with van der Waals surface area (Å²) in [5.41, 5.74) is 3.12. The van der Waals surface area contributed by atoms with Gasteiger partial charge in [-0.2, -0.15) is 0 Å². The summed E-state index contributed by atoms with van der Waals surface area (Å²) in [5.74, 6) is 0. The molecule has 0 amide bonds. The van der Waals surface area contributed by atoms with Crippen LogP contribution in [0.2, 0.25) is 13.1 Å². The van der Waals surface area contributed by atoms with E-state index in [1.807, 2.05) is 0 Å². The van der Waals surface area contributed by atoms with Gasteiger partial charge in [-0.25, -0.2) is 0 Å². The molecule has 0 bridgehead atoms. The second-order valence-electron chi connectivity index (χ2n) is 3.96. The number of allylic oxidation sites excluding steroid dienone is 1. The minimum Gasteiger partial charge on any atom is -0.309 e. The van der Waals surface area contributed by atoms with Gasteiger partial charge in [-0.1, -0.05) is 31.8 Å². The molecule has 0 aromatic heterocycles. The van der Waals surface area contributed by atoms with Gasteiger partial charge in [-0.3, -0.25) is 0 Å². The maximum Gasteiger partial charge on any atom is 0.0892 e. The second kappa shape index (κ2) is 4.07. The summed E-state index contributed by atoms with van der Waals surface area (Å²) < 4.78 is 0. The van der Waals surface area contributed by atoms with Crippen molar-refractivity contribution < 1.29 is 0 Å². The van der Waals surface area contributed by atoms with Gasteiger partial charge >= 0.3 is 0 Å². The van der Waals surface area contributed by atoms with E-state index in [1.165, 1.54) is 0 Å². The fourth-order valence-electron chi connectivity index (χ4n) is 1.23. The van der Waals surface area contributed by atoms with Gasteiger partial charge in [-0.15, -0.1) is 0 Å². The van der Waals surface area contributed by atoms with Crippen LogP contribution < -0.4 is 0 Å². The van der Waals surface area contributed by atoms with Gasteiger partial charge in [0.2, 0.25) is 0 Å². The summed E-state index contributed by atoms with van der Waals surface area (Å²) in [6.07, 6.45) is 2.19. The van der Waals surface area contributed by atoms with Crippen LogP contribution in [0.1, 0.15) is 13.8 Å². The Morgan fingerprint density at radius 3 is 2.00 bits per heavy atom. The van der Waals surface area contributed by atoms with E-state index in [-0.39, 0.29) is 0 Å². The molecule has 0 saturated carbocycles. The molecule has 11 heavy (non-hydrogen) atoms. The van der Waals surface area contributed by atoms with Crippen LogP contribution in [-0.2, 0) is 0 Å². The molecule has 1 unspecified atom stereocenters. The molecule has 0 saturated heterocycles. The molecular formula is C9H21NSi. The first kappa shape index (κ1) is 10.9. The first-order chi connectivity index (χ1) is 4.91. The molecule has 0 aliphatic rings. The molecule has 2 heteroatoms. The maximum atomic E-state index is 2.40. The van der Waals surface area contributed by atoms with Gasteiger partial charge in [0.05, 0.1) is 8.07 Å². The molecule has 1 atom stereocenters. The van der Waals surface area contributed by atoms with Crippen molar-refractivity contribution in [3.63, 3.8) is 0 Å². The Morgan fingerprint density at radius 2 is 1.73 bits per heavy atom. The zero-order valence-corrected chi connectivity index (χ0v) is 9.68. The molecule has 66 valence electrons. The molecule has 0 aliphatic heterocycles. The third kappa shape index (κ3) is 3.21. The minimum atomic E-state index is -1.12. The highest BCUT2D eigenvalue weighted by molar-refractivity contribution is 6.83. The first-order valence-corrected chi connectivity index (χ1v) is 7.37. The van der Waals surface area contributed by atoms with Crippen molar-refractivity contribution in [2.24, 2.45) is 0 Å². The Bertz CT molecular complexity index is 138. The van der Waals surface area contributed by atoms with Crippen molar-refractivity contribution in [1.82, 2.24) is 4.90 Å². The van der Waals surface area contributed by atoms with Gasteiger partial charge in [0.25, 0.3) is 0 Å². The van der Waals surface area contributed by atoms with Crippen molar-refractivity contribution in [2.45, 2.75) is 32.6 Å². The van der Waals surface area contributed by atoms with Crippen molar-refractivity contribution in [1.29, 1.82) is 0 Å². The molecular weight excluding hydrogens is 150 g/mol. The lowest BCUT2D eigenvalue weighted by Crippen LogP contribution is -2.46. The lowest BCUT2D eigenvalue weighted by molar-refractivity contribution is 0.384. The SMILES string of the molecule is CC=C[Si](C)(C)C(C)N(C)C. The zero-order valence-electron chi connectivity index (χ0n) is 8.68. The molecule has 0 heterocycles. The van der Waals surface area contributed by atoms with Gasteiger partial charge in [0.1, 0.15) is 0 Å². The van der Waals surface area contributed by atoms with E-state index >= 15 is 0 Å². The van der Waals surface area contributed by atoms with E-state index in [0.29, 0.717) is 0 Å². The average molecular weight is 171 g/mol. The van der Waals surface area contributed by atoms with E-state index in [0.717, 1.165) is 5.67 Å². The summed E-state index contributed by atoms with van der Waals surface area (Å²) >= 11 is 0.